The van der Waals surface area contributed by atoms with Gasteiger partial charge in [0.05, 0.1) is 26.4 Å². The van der Waals surface area contributed by atoms with Crippen molar-refractivity contribution in [1.82, 2.24) is 0 Å². The van der Waals surface area contributed by atoms with E-state index in [2.05, 4.69) is 125 Å². The molecule has 19 heteroatoms. The predicted molar refractivity (Wildman–Crippen MR) is 427 cm³/mol. The lowest BCUT2D eigenvalue weighted by Gasteiger charge is -2.21. The zero-order chi connectivity index (χ0) is 76.0. The Bertz CT molecular complexity index is 2390. The van der Waals surface area contributed by atoms with Gasteiger partial charge in [0.1, 0.15) is 19.3 Å². The molecule has 0 saturated carbocycles. The fraction of sp³-hybridized carbons (Fsp3) is 0.741. The van der Waals surface area contributed by atoms with E-state index in [9.17, 15) is 43.2 Å². The lowest BCUT2D eigenvalue weighted by Crippen LogP contribution is -2.30. The van der Waals surface area contributed by atoms with Crippen molar-refractivity contribution in [3.8, 4) is 0 Å². The van der Waals surface area contributed by atoms with Crippen LogP contribution in [0.25, 0.3) is 0 Å². The summed E-state index contributed by atoms with van der Waals surface area (Å²) in [5.41, 5.74) is 0. The summed E-state index contributed by atoms with van der Waals surface area (Å²) in [6.45, 7) is 4.69. The van der Waals surface area contributed by atoms with Crippen LogP contribution in [-0.2, 0) is 65.4 Å². The molecule has 0 bridgehead atoms. The van der Waals surface area contributed by atoms with Crippen LogP contribution in [0, 0.1) is 0 Å². The third kappa shape index (κ3) is 75.9. The van der Waals surface area contributed by atoms with E-state index in [1.165, 1.54) is 109 Å². The van der Waals surface area contributed by atoms with Crippen molar-refractivity contribution in [3.05, 3.63) is 109 Å². The summed E-state index contributed by atoms with van der Waals surface area (Å²) in [5, 5.41) is 10.6. The van der Waals surface area contributed by atoms with E-state index >= 15 is 0 Å². The molecule has 104 heavy (non-hydrogen) atoms. The van der Waals surface area contributed by atoms with Crippen molar-refractivity contribution < 1.29 is 80.2 Å². The Kier molecular flexibility index (Phi) is 73.7. The number of phosphoric ester groups is 2. The SMILES string of the molecule is CC/C=C\C/C=C\C/C=C\C/C=C\C/C=C\CCCC(=O)OCC(COP(=O)(O)OCC(O)COP(=O)(O)OCC(COC(=O)CCCCCCCC/C=C\C/C=C\C/C=C\CCCCC)OC(=O)CCCCCCCCCCCCCCC)OC(=O)CCCCCCC/C=C\CCCCCCCC. The zero-order valence-corrected chi connectivity index (χ0v) is 67.5. The summed E-state index contributed by atoms with van der Waals surface area (Å²) in [4.78, 5) is 73.1. The molecule has 0 spiro atoms. The standard InChI is InChI=1S/C85H148O17P2/c1-5-9-13-17-21-25-29-33-36-38-39-41-44-47-50-54-58-62-66-70-83(88)95-75-80(101-84(89)71-67-63-59-55-51-45-32-28-24-20-16-12-8-4)77-99-103(91,92)97-73-79(86)74-98-104(93,94)100-78-81(102-85(90)72-68-64-60-56-52-48-42-35-31-27-23-19-15-11-7-3)76-96-82(87)69-65-61-57-53-49-46-43-40-37-34-30-26-22-18-14-10-6-2/h10,14,21-22,25-26,33-37,39,41-43,46,53,57,79-81,86H,5-9,11-13,15-20,23-24,27-32,38,40,44-45,47-52,54-56,58-78H2,1-4H3,(H,91,92)(H,93,94)/b14-10-,25-21-,26-22-,36-33-,37-34-,41-39-,42-35-,46-43-,57-53-. The molecule has 5 atom stereocenters. The Morgan fingerprint density at radius 3 is 0.837 bits per heavy atom. The minimum absolute atomic E-state index is 0.0726. The minimum Gasteiger partial charge on any atom is -0.462 e. The van der Waals surface area contributed by atoms with Crippen molar-refractivity contribution in [2.24, 2.45) is 0 Å². The van der Waals surface area contributed by atoms with Crippen LogP contribution >= 0.6 is 15.6 Å². The van der Waals surface area contributed by atoms with Gasteiger partial charge in [0, 0.05) is 25.7 Å². The van der Waals surface area contributed by atoms with Gasteiger partial charge in [-0.1, -0.05) is 304 Å². The van der Waals surface area contributed by atoms with E-state index in [-0.39, 0.29) is 25.7 Å². The smallest absolute Gasteiger partial charge is 0.462 e. The Hall–Kier alpha value is -4.28. The van der Waals surface area contributed by atoms with Gasteiger partial charge in [-0.05, 0) is 128 Å². The van der Waals surface area contributed by atoms with Crippen LogP contribution in [0.1, 0.15) is 349 Å². The van der Waals surface area contributed by atoms with Gasteiger partial charge in [-0.3, -0.25) is 37.3 Å². The number of aliphatic hydroxyl groups excluding tert-OH is 1. The molecule has 0 aromatic heterocycles. The average Bonchev–Trinajstić information content (AvgIpc) is 0.939. The maximum Gasteiger partial charge on any atom is 0.472 e. The summed E-state index contributed by atoms with van der Waals surface area (Å²) in [6, 6.07) is 0. The molecule has 0 aliphatic carbocycles. The number of phosphoric acid groups is 2. The van der Waals surface area contributed by atoms with Crippen LogP contribution in [0.15, 0.2) is 109 Å². The number of carbonyl (C=O) groups is 4. The van der Waals surface area contributed by atoms with Gasteiger partial charge < -0.3 is 33.8 Å². The first-order chi connectivity index (χ1) is 50.7. The number of esters is 4. The molecular formula is C85H148O17P2. The van der Waals surface area contributed by atoms with E-state index < -0.39 is 97.5 Å². The molecule has 0 radical (unpaired) electrons. The first kappa shape index (κ1) is 99.7. The fourth-order valence-electron chi connectivity index (χ4n) is 11.0. The monoisotopic (exact) mass is 1500 g/mol. The molecule has 0 aromatic carbocycles. The van der Waals surface area contributed by atoms with Crippen molar-refractivity contribution in [2.75, 3.05) is 39.6 Å². The van der Waals surface area contributed by atoms with Crippen molar-refractivity contribution >= 4 is 39.5 Å². The first-order valence-electron chi connectivity index (χ1n) is 41.1. The highest BCUT2D eigenvalue weighted by atomic mass is 31.2. The second kappa shape index (κ2) is 76.9. The quantitative estimate of drug-likeness (QED) is 0.0169. The topological polar surface area (TPSA) is 237 Å². The molecule has 0 amide bonds. The number of hydrogen-bond donors (Lipinski definition) is 3. The highest BCUT2D eigenvalue weighted by molar-refractivity contribution is 7.47. The summed E-state index contributed by atoms with van der Waals surface area (Å²) >= 11 is 0. The highest BCUT2D eigenvalue weighted by Crippen LogP contribution is 2.45. The molecule has 0 aliphatic heterocycles. The molecule has 17 nitrogen and oxygen atoms in total. The first-order valence-corrected chi connectivity index (χ1v) is 44.1. The van der Waals surface area contributed by atoms with Crippen LogP contribution in [0.4, 0.5) is 0 Å². The van der Waals surface area contributed by atoms with E-state index in [0.717, 1.165) is 154 Å². The van der Waals surface area contributed by atoms with Gasteiger partial charge in [0.15, 0.2) is 12.2 Å². The Morgan fingerprint density at radius 2 is 0.510 bits per heavy atom. The lowest BCUT2D eigenvalue weighted by atomic mass is 10.0. The number of carbonyl (C=O) groups excluding carboxylic acids is 4. The Labute approximate surface area is 632 Å². The number of allylic oxidation sites excluding steroid dienone is 18. The van der Waals surface area contributed by atoms with Crippen molar-refractivity contribution in [2.45, 2.75) is 367 Å². The second-order valence-electron chi connectivity index (χ2n) is 27.3. The van der Waals surface area contributed by atoms with Crippen molar-refractivity contribution in [1.29, 1.82) is 0 Å². The largest absolute Gasteiger partial charge is 0.472 e. The summed E-state index contributed by atoms with van der Waals surface area (Å²) < 4.78 is 68.6. The third-order valence-electron chi connectivity index (χ3n) is 17.2. The maximum atomic E-state index is 13.1. The molecule has 0 rings (SSSR count). The number of aliphatic hydroxyl groups is 1. The molecule has 0 saturated heterocycles. The third-order valence-corrected chi connectivity index (χ3v) is 19.1. The van der Waals surface area contributed by atoms with Gasteiger partial charge in [-0.2, -0.15) is 0 Å². The molecular weight excluding hydrogens is 1350 g/mol. The Morgan fingerprint density at radius 1 is 0.279 bits per heavy atom. The van der Waals surface area contributed by atoms with Gasteiger partial charge in [0.2, 0.25) is 0 Å². The van der Waals surface area contributed by atoms with Crippen molar-refractivity contribution in [3.63, 3.8) is 0 Å². The van der Waals surface area contributed by atoms with E-state index in [1.54, 1.807) is 0 Å². The van der Waals surface area contributed by atoms with E-state index in [0.29, 0.717) is 32.1 Å². The lowest BCUT2D eigenvalue weighted by molar-refractivity contribution is -0.161. The molecule has 0 heterocycles. The van der Waals surface area contributed by atoms with Gasteiger partial charge in [-0.15, -0.1) is 0 Å². The molecule has 3 N–H and O–H groups in total. The summed E-state index contributed by atoms with van der Waals surface area (Å²) in [7, 11) is -9.97. The average molecular weight is 1500 g/mol. The van der Waals surface area contributed by atoms with Crippen LogP contribution in [0.3, 0.4) is 0 Å². The number of hydrogen-bond acceptors (Lipinski definition) is 15. The normalized spacial score (nSPS) is 14.4. The number of ether oxygens (including phenoxy) is 4. The zero-order valence-electron chi connectivity index (χ0n) is 65.7. The molecule has 0 aliphatic rings. The Balaban J connectivity index is 5.39. The van der Waals surface area contributed by atoms with E-state index in [1.807, 2.05) is 12.2 Å². The van der Waals surface area contributed by atoms with Crippen LogP contribution in [-0.4, -0.2) is 96.7 Å². The molecule has 0 fully saturated rings. The fourth-order valence-corrected chi connectivity index (χ4v) is 12.5. The van der Waals surface area contributed by atoms with E-state index in [4.69, 9.17) is 37.0 Å². The highest BCUT2D eigenvalue weighted by Gasteiger charge is 2.30. The number of rotatable bonds is 77. The number of unbranched alkanes of at least 4 members (excludes halogenated alkanes) is 33. The van der Waals surface area contributed by atoms with Gasteiger partial charge in [0.25, 0.3) is 0 Å². The van der Waals surface area contributed by atoms with Gasteiger partial charge in [-0.25, -0.2) is 9.13 Å². The molecule has 0 aromatic rings. The minimum atomic E-state index is -4.99. The maximum absolute atomic E-state index is 13.1. The summed E-state index contributed by atoms with van der Waals surface area (Å²) in [6.07, 6.45) is 83.5. The molecule has 600 valence electrons. The van der Waals surface area contributed by atoms with Crippen LogP contribution in [0.2, 0.25) is 0 Å². The second-order valence-corrected chi connectivity index (χ2v) is 30.2. The van der Waals surface area contributed by atoms with Gasteiger partial charge >= 0.3 is 39.5 Å². The molecule has 5 unspecified atom stereocenters. The van der Waals surface area contributed by atoms with Crippen LogP contribution < -0.4 is 0 Å². The van der Waals surface area contributed by atoms with Crippen LogP contribution in [0.5, 0.6) is 0 Å². The summed E-state index contributed by atoms with van der Waals surface area (Å²) in [5.74, 6) is -2.25. The predicted octanol–water partition coefficient (Wildman–Crippen LogP) is 24.1.